The number of unbranched alkanes of at least 4 members (excludes halogenated alkanes) is 1. The zero-order chi connectivity index (χ0) is 14.6. The van der Waals surface area contributed by atoms with E-state index in [1.807, 2.05) is 31.2 Å². The van der Waals surface area contributed by atoms with Gasteiger partial charge in [-0.25, -0.2) is 13.1 Å². The van der Waals surface area contributed by atoms with Gasteiger partial charge in [-0.2, -0.15) is 0 Å². The van der Waals surface area contributed by atoms with E-state index in [1.165, 1.54) is 0 Å². The van der Waals surface area contributed by atoms with Crippen molar-refractivity contribution in [2.75, 3.05) is 19.4 Å². The van der Waals surface area contributed by atoms with Gasteiger partial charge in [-0.15, -0.1) is 0 Å². The summed E-state index contributed by atoms with van der Waals surface area (Å²) >= 11 is 0. The summed E-state index contributed by atoms with van der Waals surface area (Å²) in [5.41, 5.74) is 1.03. The Balaban J connectivity index is 2.06. The van der Waals surface area contributed by atoms with Gasteiger partial charge in [-0.1, -0.05) is 31.5 Å². The Bertz CT molecular complexity index is 550. The van der Waals surface area contributed by atoms with Crippen molar-refractivity contribution in [3.05, 3.63) is 29.8 Å². The molecule has 1 aliphatic rings. The highest BCUT2D eigenvalue weighted by atomic mass is 32.2. The third kappa shape index (κ3) is 3.52. The number of nitrogens with one attached hydrogen (secondary N) is 1. The zero-order valence-corrected chi connectivity index (χ0v) is 13.0. The number of benzene rings is 1. The Morgan fingerprint density at radius 3 is 2.60 bits per heavy atom. The molecule has 0 saturated heterocycles. The van der Waals surface area contributed by atoms with Crippen LogP contribution >= 0.6 is 0 Å². The first-order chi connectivity index (χ1) is 9.53. The third-order valence-corrected chi connectivity index (χ3v) is 5.34. The van der Waals surface area contributed by atoms with Crippen molar-refractivity contribution < 1.29 is 13.2 Å². The minimum absolute atomic E-state index is 0.0775. The third-order valence-electron chi connectivity index (χ3n) is 3.93. The van der Waals surface area contributed by atoms with E-state index in [2.05, 4.69) is 4.72 Å². The summed E-state index contributed by atoms with van der Waals surface area (Å²) in [4.78, 5) is 0. The van der Waals surface area contributed by atoms with Crippen LogP contribution in [0.15, 0.2) is 24.3 Å². The summed E-state index contributed by atoms with van der Waals surface area (Å²) in [6.07, 6.45) is 3.60. The smallest absolute Gasteiger partial charge is 0.211 e. The first-order valence-electron chi connectivity index (χ1n) is 7.14. The fourth-order valence-electron chi connectivity index (χ4n) is 2.43. The predicted octanol–water partition coefficient (Wildman–Crippen LogP) is 2.45. The fraction of sp³-hybridized carbons (Fsp3) is 0.600. The molecule has 1 aromatic carbocycles. The monoisotopic (exact) mass is 297 g/mol. The van der Waals surface area contributed by atoms with Gasteiger partial charge in [-0.3, -0.25) is 0 Å². The van der Waals surface area contributed by atoms with Crippen LogP contribution in [0.4, 0.5) is 0 Å². The minimum Gasteiger partial charge on any atom is -0.496 e. The lowest BCUT2D eigenvalue weighted by Gasteiger charge is -2.19. The van der Waals surface area contributed by atoms with Crippen molar-refractivity contribution in [3.8, 4) is 5.75 Å². The molecule has 0 aromatic heterocycles. The molecule has 4 nitrogen and oxygen atoms in total. The Morgan fingerprint density at radius 2 is 2.00 bits per heavy atom. The maximum Gasteiger partial charge on any atom is 0.211 e. The molecule has 0 heterocycles. The molecule has 2 rings (SSSR count). The van der Waals surface area contributed by atoms with Crippen molar-refractivity contribution in [2.24, 2.45) is 0 Å². The van der Waals surface area contributed by atoms with E-state index in [0.29, 0.717) is 13.0 Å². The Morgan fingerprint density at radius 1 is 1.30 bits per heavy atom. The van der Waals surface area contributed by atoms with Crippen LogP contribution in [-0.2, 0) is 15.4 Å². The van der Waals surface area contributed by atoms with Gasteiger partial charge in [0.2, 0.25) is 10.0 Å². The second-order valence-corrected chi connectivity index (χ2v) is 7.40. The van der Waals surface area contributed by atoms with Crippen LogP contribution in [0.3, 0.4) is 0 Å². The number of para-hydroxylation sites is 1. The highest BCUT2D eigenvalue weighted by Gasteiger charge is 2.46. The number of sulfonamides is 1. The zero-order valence-electron chi connectivity index (χ0n) is 12.2. The van der Waals surface area contributed by atoms with E-state index in [-0.39, 0.29) is 11.2 Å². The van der Waals surface area contributed by atoms with E-state index in [0.717, 1.165) is 30.6 Å². The van der Waals surface area contributed by atoms with Crippen LogP contribution in [0, 0.1) is 0 Å². The van der Waals surface area contributed by atoms with Crippen LogP contribution in [-0.4, -0.2) is 27.8 Å². The quantitative estimate of drug-likeness (QED) is 0.802. The molecule has 0 aliphatic heterocycles. The van der Waals surface area contributed by atoms with E-state index in [1.54, 1.807) is 7.11 Å². The van der Waals surface area contributed by atoms with Gasteiger partial charge >= 0.3 is 0 Å². The minimum atomic E-state index is -3.16. The van der Waals surface area contributed by atoms with Crippen LogP contribution in [0.2, 0.25) is 0 Å². The Kier molecular flexibility index (Phi) is 4.70. The Hall–Kier alpha value is -1.07. The molecular weight excluding hydrogens is 274 g/mol. The molecule has 0 unspecified atom stereocenters. The van der Waals surface area contributed by atoms with Crippen LogP contribution in [0.25, 0.3) is 0 Å². The van der Waals surface area contributed by atoms with Crippen LogP contribution < -0.4 is 9.46 Å². The highest BCUT2D eigenvalue weighted by Crippen LogP contribution is 2.50. The van der Waals surface area contributed by atoms with E-state index < -0.39 is 10.0 Å². The summed E-state index contributed by atoms with van der Waals surface area (Å²) in [6.45, 7) is 2.46. The van der Waals surface area contributed by atoms with Gasteiger partial charge < -0.3 is 4.74 Å². The standard InChI is InChI=1S/C15H23NO3S/c1-3-4-11-20(17,18)16-12-15(9-10-15)13-7-5-6-8-14(13)19-2/h5-8,16H,3-4,9-12H2,1-2H3. The van der Waals surface area contributed by atoms with E-state index in [4.69, 9.17) is 4.74 Å². The SMILES string of the molecule is CCCCS(=O)(=O)NCC1(c2ccccc2OC)CC1. The number of hydrogen-bond acceptors (Lipinski definition) is 3. The molecule has 1 aromatic rings. The van der Waals surface area contributed by atoms with Crippen molar-refractivity contribution in [1.82, 2.24) is 4.72 Å². The molecule has 112 valence electrons. The molecule has 1 N–H and O–H groups in total. The normalized spacial score (nSPS) is 16.9. The van der Waals surface area contributed by atoms with Gasteiger partial charge in [0.05, 0.1) is 12.9 Å². The van der Waals surface area contributed by atoms with Gasteiger partial charge in [0, 0.05) is 17.5 Å². The molecule has 5 heteroatoms. The van der Waals surface area contributed by atoms with Crippen molar-refractivity contribution >= 4 is 10.0 Å². The van der Waals surface area contributed by atoms with Gasteiger partial charge in [-0.05, 0) is 25.3 Å². The number of ether oxygens (including phenoxy) is 1. The van der Waals surface area contributed by atoms with Crippen LogP contribution in [0.1, 0.15) is 38.2 Å². The molecular formula is C15H23NO3S. The van der Waals surface area contributed by atoms with Gasteiger partial charge in [0.15, 0.2) is 0 Å². The summed E-state index contributed by atoms with van der Waals surface area (Å²) in [5.74, 6) is 1.06. The maximum absolute atomic E-state index is 11.9. The van der Waals surface area contributed by atoms with Crippen molar-refractivity contribution in [3.63, 3.8) is 0 Å². The highest BCUT2D eigenvalue weighted by molar-refractivity contribution is 7.89. The number of methoxy groups -OCH3 is 1. The summed E-state index contributed by atoms with van der Waals surface area (Å²) in [7, 11) is -1.50. The second kappa shape index (κ2) is 6.14. The molecule has 0 amide bonds. The molecule has 0 atom stereocenters. The lowest BCUT2D eigenvalue weighted by atomic mass is 9.95. The molecule has 0 spiro atoms. The van der Waals surface area contributed by atoms with Gasteiger partial charge in [0.1, 0.15) is 5.75 Å². The summed E-state index contributed by atoms with van der Waals surface area (Å²) in [6, 6.07) is 7.88. The average Bonchev–Trinajstić information content (AvgIpc) is 3.24. The second-order valence-electron chi connectivity index (χ2n) is 5.47. The summed E-state index contributed by atoms with van der Waals surface area (Å²) < 4.78 is 32.0. The molecule has 1 fully saturated rings. The number of rotatable bonds is 8. The fourth-order valence-corrected chi connectivity index (χ4v) is 3.74. The van der Waals surface area contributed by atoms with Crippen molar-refractivity contribution in [2.45, 2.75) is 38.0 Å². The van der Waals surface area contributed by atoms with Crippen molar-refractivity contribution in [1.29, 1.82) is 0 Å². The molecule has 20 heavy (non-hydrogen) atoms. The molecule has 1 saturated carbocycles. The largest absolute Gasteiger partial charge is 0.496 e. The van der Waals surface area contributed by atoms with E-state index in [9.17, 15) is 8.42 Å². The average molecular weight is 297 g/mol. The lowest BCUT2D eigenvalue weighted by Crippen LogP contribution is -2.34. The van der Waals surface area contributed by atoms with Gasteiger partial charge in [0.25, 0.3) is 0 Å². The topological polar surface area (TPSA) is 55.4 Å². The first kappa shape index (κ1) is 15.3. The van der Waals surface area contributed by atoms with Crippen LogP contribution in [0.5, 0.6) is 5.75 Å². The number of hydrogen-bond donors (Lipinski definition) is 1. The summed E-state index contributed by atoms with van der Waals surface area (Å²) in [5, 5.41) is 0. The predicted molar refractivity (Wildman–Crippen MR) is 80.6 cm³/mol. The van der Waals surface area contributed by atoms with E-state index >= 15 is 0 Å². The maximum atomic E-state index is 11.9. The Labute approximate surface area is 121 Å². The molecule has 0 radical (unpaired) electrons. The molecule has 1 aliphatic carbocycles. The first-order valence-corrected chi connectivity index (χ1v) is 8.79. The lowest BCUT2D eigenvalue weighted by molar-refractivity contribution is 0.403. The molecule has 0 bridgehead atoms.